The van der Waals surface area contributed by atoms with E-state index in [0.29, 0.717) is 11.7 Å². The lowest BCUT2D eigenvalue weighted by atomic mass is 10.0. The molecule has 146 valence electrons. The van der Waals surface area contributed by atoms with E-state index in [-0.39, 0.29) is 23.9 Å². The van der Waals surface area contributed by atoms with Gasteiger partial charge < -0.3 is 20.5 Å². The van der Waals surface area contributed by atoms with E-state index in [2.05, 4.69) is 60.7 Å². The van der Waals surface area contributed by atoms with Crippen molar-refractivity contribution in [3.8, 4) is 5.75 Å². The highest BCUT2D eigenvalue weighted by Crippen LogP contribution is 2.59. The van der Waals surface area contributed by atoms with Crippen LogP contribution in [0.25, 0.3) is 0 Å². The molecule has 1 spiro atoms. The third-order valence-electron chi connectivity index (χ3n) is 6.01. The fourth-order valence-electron chi connectivity index (χ4n) is 4.15. The van der Waals surface area contributed by atoms with Crippen LogP contribution in [-0.4, -0.2) is 49.5 Å². The molecule has 2 fully saturated rings. The molecule has 3 aliphatic rings. The fourth-order valence-corrected chi connectivity index (χ4v) is 4.15. The lowest BCUT2D eigenvalue weighted by Gasteiger charge is -2.30. The van der Waals surface area contributed by atoms with E-state index in [1.165, 1.54) is 5.70 Å². The van der Waals surface area contributed by atoms with Crippen molar-refractivity contribution in [2.45, 2.75) is 50.2 Å². The standard InChI is InChI=1S/C21H30N4O2/c1-13(23-17-11-6-5-7-12-25(3)14(17)2)20-21(27-20)19(24-21)15-9-8-10-16(22)18(15)26-4/h5-6,8-11,13-14,19-20,23-24H,7,12,22H2,1-4H3/b6-5-,17-11+/t13-,14?,19?,20?,21-/m1/s1. The van der Waals surface area contributed by atoms with Crippen LogP contribution in [0.2, 0.25) is 0 Å². The number of hydrogen-bond acceptors (Lipinski definition) is 6. The van der Waals surface area contributed by atoms with Gasteiger partial charge in [0.1, 0.15) is 11.9 Å². The molecule has 0 aromatic heterocycles. The van der Waals surface area contributed by atoms with E-state index in [1.54, 1.807) is 7.11 Å². The number of nitrogens with zero attached hydrogens (tertiary/aromatic N) is 1. The lowest BCUT2D eigenvalue weighted by Crippen LogP contribution is -2.42. The summed E-state index contributed by atoms with van der Waals surface area (Å²) in [4.78, 5) is 2.37. The summed E-state index contributed by atoms with van der Waals surface area (Å²) in [6, 6.07) is 6.55. The third kappa shape index (κ3) is 3.22. The first kappa shape index (κ1) is 18.3. The van der Waals surface area contributed by atoms with Gasteiger partial charge in [-0.15, -0.1) is 0 Å². The van der Waals surface area contributed by atoms with Crippen molar-refractivity contribution in [2.75, 3.05) is 26.4 Å². The van der Waals surface area contributed by atoms with Crippen LogP contribution >= 0.6 is 0 Å². The number of allylic oxidation sites excluding steroid dienone is 2. The highest BCUT2D eigenvalue weighted by molar-refractivity contribution is 5.60. The van der Waals surface area contributed by atoms with Gasteiger partial charge in [-0.05, 0) is 39.5 Å². The van der Waals surface area contributed by atoms with Gasteiger partial charge in [-0.3, -0.25) is 10.2 Å². The van der Waals surface area contributed by atoms with Crippen molar-refractivity contribution < 1.29 is 9.47 Å². The van der Waals surface area contributed by atoms with Crippen molar-refractivity contribution >= 4 is 5.69 Å². The number of methoxy groups -OCH3 is 1. The Hall–Kier alpha value is -2.02. The summed E-state index contributed by atoms with van der Waals surface area (Å²) >= 11 is 0. The van der Waals surface area contributed by atoms with E-state index in [4.69, 9.17) is 15.2 Å². The molecule has 0 aliphatic carbocycles. The summed E-state index contributed by atoms with van der Waals surface area (Å²) in [7, 11) is 3.83. The monoisotopic (exact) mass is 370 g/mol. The predicted octanol–water partition coefficient (Wildman–Crippen LogP) is 2.16. The van der Waals surface area contributed by atoms with Crippen LogP contribution in [0.4, 0.5) is 5.69 Å². The third-order valence-corrected chi connectivity index (χ3v) is 6.01. The molecule has 0 amide bonds. The van der Waals surface area contributed by atoms with Crippen molar-refractivity contribution in [1.82, 2.24) is 15.5 Å². The number of hydrogen-bond donors (Lipinski definition) is 3. The molecule has 4 N–H and O–H groups in total. The Morgan fingerprint density at radius 2 is 2.26 bits per heavy atom. The molecule has 3 aliphatic heterocycles. The van der Waals surface area contributed by atoms with Crippen LogP contribution in [0.5, 0.6) is 5.75 Å². The normalized spacial score (nSPS) is 36.9. The quantitative estimate of drug-likeness (QED) is 0.544. The van der Waals surface area contributed by atoms with Crippen LogP contribution in [0.15, 0.2) is 42.1 Å². The van der Waals surface area contributed by atoms with E-state index in [9.17, 15) is 0 Å². The number of benzene rings is 1. The molecule has 0 saturated carbocycles. The van der Waals surface area contributed by atoms with Crippen LogP contribution in [0.1, 0.15) is 31.9 Å². The van der Waals surface area contributed by atoms with Gasteiger partial charge in [0, 0.05) is 23.8 Å². The van der Waals surface area contributed by atoms with E-state index in [0.717, 1.165) is 24.3 Å². The maximum atomic E-state index is 6.11. The van der Waals surface area contributed by atoms with Crippen molar-refractivity contribution in [2.24, 2.45) is 0 Å². The van der Waals surface area contributed by atoms with Crippen LogP contribution in [-0.2, 0) is 4.74 Å². The molecule has 6 nitrogen and oxygen atoms in total. The second kappa shape index (κ2) is 6.86. The average Bonchev–Trinajstić information content (AvgIpc) is 3.56. The number of rotatable bonds is 5. The van der Waals surface area contributed by atoms with Gasteiger partial charge in [-0.2, -0.15) is 0 Å². The highest BCUT2D eigenvalue weighted by atomic mass is 16.7. The molecule has 6 heteroatoms. The van der Waals surface area contributed by atoms with Gasteiger partial charge in [0.05, 0.1) is 24.9 Å². The summed E-state index contributed by atoms with van der Waals surface area (Å²) in [5.41, 5.74) is 8.71. The number of ether oxygens (including phenoxy) is 2. The number of likely N-dealkylation sites (N-methyl/N-ethyl adjacent to an activating group) is 1. The highest BCUT2D eigenvalue weighted by Gasteiger charge is 2.76. The molecule has 3 heterocycles. The van der Waals surface area contributed by atoms with Gasteiger partial charge >= 0.3 is 0 Å². The predicted molar refractivity (Wildman–Crippen MR) is 107 cm³/mol. The van der Waals surface area contributed by atoms with Crippen molar-refractivity contribution in [3.05, 3.63) is 47.7 Å². The minimum atomic E-state index is -0.291. The summed E-state index contributed by atoms with van der Waals surface area (Å²) in [5.74, 6) is 0.741. The minimum absolute atomic E-state index is 0.112. The first-order valence-electron chi connectivity index (χ1n) is 9.69. The maximum absolute atomic E-state index is 6.11. The van der Waals surface area contributed by atoms with Crippen LogP contribution in [0, 0.1) is 0 Å². The Bertz CT molecular complexity index is 777. The van der Waals surface area contributed by atoms with E-state index in [1.807, 2.05) is 12.1 Å². The van der Waals surface area contributed by atoms with Crippen LogP contribution < -0.4 is 21.1 Å². The molecule has 4 rings (SSSR count). The Morgan fingerprint density at radius 1 is 1.44 bits per heavy atom. The van der Waals surface area contributed by atoms with E-state index >= 15 is 0 Å². The first-order chi connectivity index (χ1) is 13.0. The van der Waals surface area contributed by atoms with Gasteiger partial charge in [-0.1, -0.05) is 24.3 Å². The Balaban J connectivity index is 1.44. The number of nitrogens with two attached hydrogens (primary N) is 1. The Labute approximate surface area is 161 Å². The zero-order chi connectivity index (χ0) is 19.2. The molecular formula is C21H30N4O2. The van der Waals surface area contributed by atoms with E-state index < -0.39 is 0 Å². The molecule has 27 heavy (non-hydrogen) atoms. The van der Waals surface area contributed by atoms with Crippen LogP contribution in [0.3, 0.4) is 0 Å². The maximum Gasteiger partial charge on any atom is 0.168 e. The zero-order valence-corrected chi connectivity index (χ0v) is 16.5. The fraction of sp³-hybridized carbons (Fsp3) is 0.524. The van der Waals surface area contributed by atoms with Gasteiger partial charge in [0.15, 0.2) is 5.72 Å². The molecule has 1 aromatic rings. The number of nitrogens with one attached hydrogen (secondary N) is 2. The Kier molecular flexibility index (Phi) is 4.66. The minimum Gasteiger partial charge on any atom is -0.494 e. The van der Waals surface area contributed by atoms with Gasteiger partial charge in [-0.25, -0.2) is 0 Å². The molecule has 1 aromatic carbocycles. The summed E-state index contributed by atoms with van der Waals surface area (Å²) in [6.45, 7) is 5.49. The molecule has 0 radical (unpaired) electrons. The molecule has 3 unspecified atom stereocenters. The number of nitrogen functional groups attached to an aromatic ring is 1. The van der Waals surface area contributed by atoms with Gasteiger partial charge in [0.25, 0.3) is 0 Å². The smallest absolute Gasteiger partial charge is 0.168 e. The van der Waals surface area contributed by atoms with Crippen molar-refractivity contribution in [1.29, 1.82) is 0 Å². The topological polar surface area (TPSA) is 85.0 Å². The molecule has 5 atom stereocenters. The number of anilines is 1. The summed E-state index contributed by atoms with van der Waals surface area (Å²) in [5, 5.41) is 7.19. The summed E-state index contributed by atoms with van der Waals surface area (Å²) < 4.78 is 11.6. The molecule has 0 bridgehead atoms. The van der Waals surface area contributed by atoms with Gasteiger partial charge in [0.2, 0.25) is 0 Å². The largest absolute Gasteiger partial charge is 0.494 e. The molecular weight excluding hydrogens is 340 g/mol. The second-order valence-corrected chi connectivity index (χ2v) is 7.81. The molecule has 2 saturated heterocycles. The van der Waals surface area contributed by atoms with Crippen molar-refractivity contribution in [3.63, 3.8) is 0 Å². The first-order valence-corrected chi connectivity index (χ1v) is 9.69. The number of para-hydroxylation sites is 1. The summed E-state index contributed by atoms with van der Waals surface area (Å²) in [6.07, 6.45) is 7.75. The average molecular weight is 370 g/mol. The second-order valence-electron chi connectivity index (χ2n) is 7.81. The zero-order valence-electron chi connectivity index (χ0n) is 16.5. The Morgan fingerprint density at radius 3 is 3.04 bits per heavy atom. The lowest BCUT2D eigenvalue weighted by molar-refractivity contribution is 0.272. The SMILES string of the molecule is COc1c(N)cccc1C1N[C@@]12OC2[C@@H](C)N/C1=C/C=C\CCN(C)C1C. The number of epoxide rings is 1.